The minimum atomic E-state index is -0.985. The Morgan fingerprint density at radius 1 is 1.42 bits per heavy atom. The van der Waals surface area contributed by atoms with Crippen molar-refractivity contribution in [2.75, 3.05) is 18.4 Å². The Kier molecular flexibility index (Phi) is 5.22. The largest absolute Gasteiger partial charge is 0.388 e. The van der Waals surface area contributed by atoms with E-state index in [0.717, 1.165) is 12.2 Å². The number of aromatic nitrogens is 4. The number of aryl methyl sites for hydroxylation is 1. The summed E-state index contributed by atoms with van der Waals surface area (Å²) in [6.45, 7) is 4.98. The zero-order valence-corrected chi connectivity index (χ0v) is 15.5. The van der Waals surface area contributed by atoms with Gasteiger partial charge in [0.25, 0.3) is 5.91 Å². The number of β-amino-alcohol motifs (C(OH)–C–C–N with tert-alkyl or cyclic N) is 1. The molecule has 0 radical (unpaired) electrons. The van der Waals surface area contributed by atoms with E-state index in [0.29, 0.717) is 30.8 Å². The van der Waals surface area contributed by atoms with Crippen molar-refractivity contribution in [2.24, 2.45) is 7.05 Å². The molecule has 1 fully saturated rings. The van der Waals surface area contributed by atoms with Crippen molar-refractivity contribution in [3.8, 4) is 0 Å². The maximum Gasteiger partial charge on any atom is 0.255 e. The van der Waals surface area contributed by atoms with Crippen LogP contribution in [0.2, 0.25) is 0 Å². The second kappa shape index (κ2) is 7.41. The molecule has 0 aliphatic carbocycles. The zero-order valence-electron chi connectivity index (χ0n) is 15.5. The molecule has 1 aliphatic heterocycles. The molecule has 3 heterocycles. The van der Waals surface area contributed by atoms with Crippen LogP contribution >= 0.6 is 0 Å². The van der Waals surface area contributed by atoms with Gasteiger partial charge in [-0.2, -0.15) is 0 Å². The van der Waals surface area contributed by atoms with E-state index in [1.807, 2.05) is 27.0 Å². The topological polar surface area (TPSA) is 96.2 Å². The molecular weight excluding hydrogens is 332 g/mol. The summed E-state index contributed by atoms with van der Waals surface area (Å²) in [5.74, 6) is 1.35. The Labute approximate surface area is 153 Å². The van der Waals surface area contributed by atoms with Crippen LogP contribution in [0.5, 0.6) is 0 Å². The number of amides is 1. The van der Waals surface area contributed by atoms with Crippen LogP contribution in [0.15, 0.2) is 24.7 Å². The predicted octanol–water partition coefficient (Wildman–Crippen LogP) is 1.24. The first-order chi connectivity index (χ1) is 12.4. The molecule has 1 amide bonds. The number of nitrogens with zero attached hydrogens (tertiary/aromatic N) is 5. The smallest absolute Gasteiger partial charge is 0.255 e. The Morgan fingerprint density at radius 2 is 2.23 bits per heavy atom. The molecule has 8 heteroatoms. The number of hydrogen-bond acceptors (Lipinski definition) is 6. The first-order valence-corrected chi connectivity index (χ1v) is 8.93. The summed E-state index contributed by atoms with van der Waals surface area (Å²) in [6, 6.07) is 3.86. The number of piperidine rings is 1. The van der Waals surface area contributed by atoms with Gasteiger partial charge in [-0.15, -0.1) is 10.2 Å². The average Bonchev–Trinajstić information content (AvgIpc) is 2.98. The van der Waals surface area contributed by atoms with Gasteiger partial charge in [-0.25, -0.2) is 4.98 Å². The highest BCUT2D eigenvalue weighted by atomic mass is 16.3. The third-order valence-corrected chi connectivity index (χ3v) is 4.58. The number of pyridine rings is 1. The van der Waals surface area contributed by atoms with Gasteiger partial charge < -0.3 is 19.9 Å². The fraction of sp³-hybridized carbons (Fsp3) is 0.556. The van der Waals surface area contributed by atoms with Gasteiger partial charge in [0.2, 0.25) is 0 Å². The number of anilines is 1. The number of likely N-dealkylation sites (tertiary alicyclic amines) is 1. The van der Waals surface area contributed by atoms with Crippen molar-refractivity contribution in [1.29, 1.82) is 0 Å². The summed E-state index contributed by atoms with van der Waals surface area (Å²) < 4.78 is 1.79. The van der Waals surface area contributed by atoms with E-state index < -0.39 is 5.60 Å². The minimum absolute atomic E-state index is 0.107. The molecule has 8 nitrogen and oxygen atoms in total. The summed E-state index contributed by atoms with van der Waals surface area (Å²) in [6.07, 6.45) is 4.97. The third kappa shape index (κ3) is 4.19. The molecule has 3 rings (SSSR count). The van der Waals surface area contributed by atoms with E-state index in [2.05, 4.69) is 20.5 Å². The van der Waals surface area contributed by atoms with Crippen LogP contribution in [0.1, 0.15) is 42.9 Å². The molecule has 1 saturated heterocycles. The third-order valence-electron chi connectivity index (χ3n) is 4.58. The lowest BCUT2D eigenvalue weighted by Gasteiger charge is -2.39. The maximum atomic E-state index is 12.8. The van der Waals surface area contributed by atoms with Crippen molar-refractivity contribution in [3.05, 3.63) is 36.0 Å². The fourth-order valence-electron chi connectivity index (χ4n) is 3.28. The number of hydrogen-bond donors (Lipinski definition) is 2. The Bertz CT molecular complexity index is 757. The average molecular weight is 358 g/mol. The molecule has 0 aromatic carbocycles. The van der Waals surface area contributed by atoms with E-state index in [9.17, 15) is 9.90 Å². The highest BCUT2D eigenvalue weighted by Crippen LogP contribution is 2.25. The lowest BCUT2D eigenvalue weighted by molar-refractivity contribution is -0.0258. The van der Waals surface area contributed by atoms with Crippen molar-refractivity contribution >= 4 is 11.7 Å². The predicted molar refractivity (Wildman–Crippen MR) is 97.8 cm³/mol. The molecule has 140 valence electrons. The van der Waals surface area contributed by atoms with Crippen LogP contribution < -0.4 is 5.32 Å². The monoisotopic (exact) mass is 358 g/mol. The molecule has 26 heavy (non-hydrogen) atoms. The van der Waals surface area contributed by atoms with Crippen molar-refractivity contribution in [2.45, 2.75) is 44.8 Å². The van der Waals surface area contributed by atoms with Crippen LogP contribution in [0.25, 0.3) is 0 Å². The highest BCUT2D eigenvalue weighted by molar-refractivity contribution is 5.94. The van der Waals surface area contributed by atoms with Gasteiger partial charge in [-0.3, -0.25) is 4.79 Å². The van der Waals surface area contributed by atoms with Gasteiger partial charge in [-0.1, -0.05) is 0 Å². The molecule has 0 saturated carbocycles. The van der Waals surface area contributed by atoms with Crippen LogP contribution in [-0.4, -0.2) is 60.4 Å². The van der Waals surface area contributed by atoms with E-state index >= 15 is 0 Å². The summed E-state index contributed by atoms with van der Waals surface area (Å²) in [5.41, 5.74) is -0.455. The molecule has 0 spiro atoms. The lowest BCUT2D eigenvalue weighted by atomic mass is 9.89. The molecule has 2 N–H and O–H groups in total. The maximum absolute atomic E-state index is 12.8. The first kappa shape index (κ1) is 18.3. The number of rotatable bonds is 5. The number of carbonyl (C=O) groups excluding carboxylic acids is 1. The van der Waals surface area contributed by atoms with E-state index in [4.69, 9.17) is 0 Å². The van der Waals surface area contributed by atoms with E-state index in [1.54, 1.807) is 28.1 Å². The van der Waals surface area contributed by atoms with Gasteiger partial charge >= 0.3 is 0 Å². The number of carbonyl (C=O) groups is 1. The molecule has 1 aliphatic rings. The Morgan fingerprint density at radius 3 is 2.85 bits per heavy atom. The number of nitrogens with one attached hydrogen (secondary N) is 1. The quantitative estimate of drug-likeness (QED) is 0.835. The standard InChI is InChI=1S/C18H26N6O2/c1-13(2)21-15-6-5-14(10-19-15)17(25)24-8-4-7-18(26,11-24)9-16-22-20-12-23(16)3/h5-6,10,12-13,26H,4,7-9,11H2,1-3H3,(H,19,21). The molecular formula is C18H26N6O2. The Balaban J connectivity index is 1.68. The van der Waals surface area contributed by atoms with Crippen molar-refractivity contribution < 1.29 is 9.90 Å². The van der Waals surface area contributed by atoms with Crippen LogP contribution in [-0.2, 0) is 13.5 Å². The minimum Gasteiger partial charge on any atom is -0.388 e. The molecule has 2 aromatic heterocycles. The highest BCUT2D eigenvalue weighted by Gasteiger charge is 2.36. The molecule has 1 atom stereocenters. The van der Waals surface area contributed by atoms with Gasteiger partial charge in [0, 0.05) is 32.3 Å². The normalized spacial score (nSPS) is 20.4. The van der Waals surface area contributed by atoms with Crippen molar-refractivity contribution in [3.63, 3.8) is 0 Å². The van der Waals surface area contributed by atoms with Crippen LogP contribution in [0.4, 0.5) is 5.82 Å². The van der Waals surface area contributed by atoms with E-state index in [-0.39, 0.29) is 18.5 Å². The van der Waals surface area contributed by atoms with Crippen LogP contribution in [0, 0.1) is 0 Å². The molecule has 1 unspecified atom stereocenters. The zero-order chi connectivity index (χ0) is 18.7. The van der Waals surface area contributed by atoms with Gasteiger partial charge in [-0.05, 0) is 38.8 Å². The van der Waals surface area contributed by atoms with Gasteiger partial charge in [0.15, 0.2) is 0 Å². The summed E-state index contributed by atoms with van der Waals surface area (Å²) >= 11 is 0. The fourth-order valence-corrected chi connectivity index (χ4v) is 3.28. The Hall–Kier alpha value is -2.48. The summed E-state index contributed by atoms with van der Waals surface area (Å²) in [5, 5.41) is 22.1. The summed E-state index contributed by atoms with van der Waals surface area (Å²) in [4.78, 5) is 18.8. The molecule has 0 bridgehead atoms. The van der Waals surface area contributed by atoms with Crippen molar-refractivity contribution in [1.82, 2.24) is 24.6 Å². The first-order valence-electron chi connectivity index (χ1n) is 8.93. The number of aliphatic hydroxyl groups is 1. The molecule has 2 aromatic rings. The summed E-state index contributed by atoms with van der Waals surface area (Å²) in [7, 11) is 1.85. The van der Waals surface area contributed by atoms with Gasteiger partial charge in [0.05, 0.1) is 17.7 Å². The van der Waals surface area contributed by atoms with E-state index in [1.165, 1.54) is 0 Å². The second-order valence-electron chi connectivity index (χ2n) is 7.32. The van der Waals surface area contributed by atoms with Gasteiger partial charge in [0.1, 0.15) is 18.0 Å². The SMILES string of the molecule is CC(C)Nc1ccc(C(=O)N2CCCC(O)(Cc3nncn3C)C2)cn1. The van der Waals surface area contributed by atoms with Crippen LogP contribution in [0.3, 0.4) is 0 Å². The second-order valence-corrected chi connectivity index (χ2v) is 7.32. The lowest BCUT2D eigenvalue weighted by Crippen LogP contribution is -2.51.